The van der Waals surface area contributed by atoms with Crippen molar-refractivity contribution < 1.29 is 28.5 Å². The number of methoxy groups -OCH3 is 3. The first kappa shape index (κ1) is 19.2. The van der Waals surface area contributed by atoms with Crippen LogP contribution in [0.4, 0.5) is 0 Å². The summed E-state index contributed by atoms with van der Waals surface area (Å²) in [6, 6.07) is 9.30. The largest absolute Gasteiger partial charge is 0.493 e. The zero-order valence-electron chi connectivity index (χ0n) is 16.9. The van der Waals surface area contributed by atoms with Crippen molar-refractivity contribution in [1.82, 2.24) is 4.90 Å². The van der Waals surface area contributed by atoms with E-state index in [0.717, 1.165) is 29.9 Å². The minimum atomic E-state index is -0.0679. The quantitative estimate of drug-likeness (QED) is 0.767. The Morgan fingerprint density at radius 2 is 1.66 bits per heavy atom. The lowest BCUT2D eigenvalue weighted by molar-refractivity contribution is 0.0734. The van der Waals surface area contributed by atoms with E-state index in [1.807, 2.05) is 23.1 Å². The van der Waals surface area contributed by atoms with Crippen LogP contribution in [-0.2, 0) is 0 Å². The Labute approximate surface area is 170 Å². The van der Waals surface area contributed by atoms with Crippen LogP contribution in [0.15, 0.2) is 30.3 Å². The summed E-state index contributed by atoms with van der Waals surface area (Å²) in [7, 11) is 4.62. The maximum atomic E-state index is 13.4. The fourth-order valence-corrected chi connectivity index (χ4v) is 3.99. The molecule has 1 amide bonds. The molecule has 1 atom stereocenters. The number of nitrogens with zero attached hydrogens (tertiary/aromatic N) is 1. The highest BCUT2D eigenvalue weighted by Gasteiger charge is 2.32. The topological polar surface area (TPSA) is 66.5 Å². The molecule has 0 aromatic heterocycles. The third kappa shape index (κ3) is 3.52. The van der Waals surface area contributed by atoms with E-state index in [1.54, 1.807) is 33.5 Å². The average molecular weight is 399 g/mol. The summed E-state index contributed by atoms with van der Waals surface area (Å²) in [6.07, 6.45) is 1.84. The maximum Gasteiger partial charge on any atom is 0.254 e. The minimum Gasteiger partial charge on any atom is -0.493 e. The molecule has 0 bridgehead atoms. The van der Waals surface area contributed by atoms with E-state index in [1.165, 1.54) is 0 Å². The molecule has 0 radical (unpaired) electrons. The Morgan fingerprint density at radius 1 is 0.966 bits per heavy atom. The summed E-state index contributed by atoms with van der Waals surface area (Å²) in [6.45, 7) is 1.78. The molecule has 2 aliphatic heterocycles. The van der Waals surface area contributed by atoms with Gasteiger partial charge >= 0.3 is 0 Å². The molecule has 0 N–H and O–H groups in total. The monoisotopic (exact) mass is 399 g/mol. The van der Waals surface area contributed by atoms with E-state index in [2.05, 4.69) is 0 Å². The van der Waals surface area contributed by atoms with Gasteiger partial charge < -0.3 is 28.6 Å². The van der Waals surface area contributed by atoms with Crippen molar-refractivity contribution in [3.05, 3.63) is 41.5 Å². The van der Waals surface area contributed by atoms with Gasteiger partial charge in [0, 0.05) is 12.1 Å². The maximum absolute atomic E-state index is 13.4. The highest BCUT2D eigenvalue weighted by molar-refractivity contribution is 5.96. The predicted molar refractivity (Wildman–Crippen MR) is 107 cm³/mol. The second-order valence-electron chi connectivity index (χ2n) is 6.97. The van der Waals surface area contributed by atoms with Crippen LogP contribution in [0, 0.1) is 0 Å². The standard InChI is InChI=1S/C22H25NO6/c1-25-19-12-15(13-20(26-2)21(19)27-3)22(24)23-8-4-5-16(23)14-6-7-17-18(11-14)29-10-9-28-17/h6-7,11-13,16H,4-5,8-10H2,1-3H3. The SMILES string of the molecule is COc1cc(C(=O)N2CCCC2c2ccc3c(c2)OCCO3)cc(OC)c1OC. The number of fused-ring (bicyclic) bond motifs is 1. The van der Waals surface area contributed by atoms with E-state index in [-0.39, 0.29) is 11.9 Å². The molecule has 7 nitrogen and oxygen atoms in total. The van der Waals surface area contributed by atoms with E-state index in [9.17, 15) is 4.79 Å². The zero-order chi connectivity index (χ0) is 20.4. The van der Waals surface area contributed by atoms with Crippen LogP contribution in [0.25, 0.3) is 0 Å². The number of ether oxygens (including phenoxy) is 5. The molecule has 1 saturated heterocycles. The second kappa shape index (κ2) is 8.11. The number of amides is 1. The van der Waals surface area contributed by atoms with Gasteiger partial charge in [0.2, 0.25) is 5.75 Å². The van der Waals surface area contributed by atoms with E-state index < -0.39 is 0 Å². The number of carbonyl (C=O) groups excluding carboxylic acids is 1. The fourth-order valence-electron chi connectivity index (χ4n) is 3.99. The van der Waals surface area contributed by atoms with Crippen LogP contribution in [0.3, 0.4) is 0 Å². The highest BCUT2D eigenvalue weighted by Crippen LogP contribution is 2.41. The third-order valence-corrected chi connectivity index (χ3v) is 5.38. The van der Waals surface area contributed by atoms with Crippen LogP contribution >= 0.6 is 0 Å². The lowest BCUT2D eigenvalue weighted by Gasteiger charge is -2.27. The summed E-state index contributed by atoms with van der Waals surface area (Å²) in [5.41, 5.74) is 1.55. The summed E-state index contributed by atoms with van der Waals surface area (Å²) in [4.78, 5) is 15.3. The molecule has 2 aromatic carbocycles. The zero-order valence-corrected chi connectivity index (χ0v) is 16.9. The lowest BCUT2D eigenvalue weighted by Crippen LogP contribution is -2.30. The molecule has 29 heavy (non-hydrogen) atoms. The van der Waals surface area contributed by atoms with Crippen LogP contribution < -0.4 is 23.7 Å². The van der Waals surface area contributed by atoms with Crippen molar-refractivity contribution in [2.75, 3.05) is 41.1 Å². The molecular formula is C22H25NO6. The van der Waals surface area contributed by atoms with Gasteiger partial charge in [0.15, 0.2) is 23.0 Å². The third-order valence-electron chi connectivity index (χ3n) is 5.38. The number of benzene rings is 2. The molecule has 0 saturated carbocycles. The molecule has 0 aliphatic carbocycles. The number of hydrogen-bond acceptors (Lipinski definition) is 6. The Kier molecular flexibility index (Phi) is 5.38. The number of likely N-dealkylation sites (tertiary alicyclic amines) is 1. The Balaban J connectivity index is 1.65. The smallest absolute Gasteiger partial charge is 0.254 e. The second-order valence-corrected chi connectivity index (χ2v) is 6.97. The minimum absolute atomic E-state index is 0.0163. The molecule has 154 valence electrons. The molecule has 0 spiro atoms. The first-order valence-electron chi connectivity index (χ1n) is 9.66. The van der Waals surface area contributed by atoms with Gasteiger partial charge in [-0.2, -0.15) is 0 Å². The van der Waals surface area contributed by atoms with Gasteiger partial charge in [-0.3, -0.25) is 4.79 Å². The fraction of sp³-hybridized carbons (Fsp3) is 0.409. The van der Waals surface area contributed by atoms with Crippen molar-refractivity contribution >= 4 is 5.91 Å². The molecule has 2 heterocycles. The summed E-state index contributed by atoms with van der Waals surface area (Å²) in [5, 5.41) is 0. The van der Waals surface area contributed by atoms with Crippen molar-refractivity contribution in [3.63, 3.8) is 0 Å². The van der Waals surface area contributed by atoms with Crippen LogP contribution in [-0.4, -0.2) is 51.9 Å². The van der Waals surface area contributed by atoms with Crippen LogP contribution in [0.1, 0.15) is 34.8 Å². The predicted octanol–water partition coefficient (Wildman–Crippen LogP) is 3.46. The van der Waals surface area contributed by atoms with Gasteiger partial charge in [0.05, 0.1) is 27.4 Å². The molecule has 2 aliphatic rings. The van der Waals surface area contributed by atoms with Crippen molar-refractivity contribution in [2.24, 2.45) is 0 Å². The number of rotatable bonds is 5. The van der Waals surface area contributed by atoms with Crippen LogP contribution in [0.2, 0.25) is 0 Å². The summed E-state index contributed by atoms with van der Waals surface area (Å²) in [5.74, 6) is 2.81. The number of carbonyl (C=O) groups is 1. The van der Waals surface area contributed by atoms with Gasteiger partial charge in [-0.1, -0.05) is 6.07 Å². The van der Waals surface area contributed by atoms with Crippen LogP contribution in [0.5, 0.6) is 28.7 Å². The number of hydrogen-bond donors (Lipinski definition) is 0. The van der Waals surface area contributed by atoms with Gasteiger partial charge in [-0.25, -0.2) is 0 Å². The molecule has 7 heteroatoms. The van der Waals surface area contributed by atoms with Gasteiger partial charge in [-0.15, -0.1) is 0 Å². The molecule has 1 fully saturated rings. The molecule has 1 unspecified atom stereocenters. The van der Waals surface area contributed by atoms with Crippen molar-refractivity contribution in [2.45, 2.75) is 18.9 Å². The first-order valence-corrected chi connectivity index (χ1v) is 9.66. The lowest BCUT2D eigenvalue weighted by atomic mass is 10.0. The Hall–Kier alpha value is -3.09. The van der Waals surface area contributed by atoms with E-state index >= 15 is 0 Å². The molecule has 4 rings (SSSR count). The first-order chi connectivity index (χ1) is 14.2. The molecule has 2 aromatic rings. The van der Waals surface area contributed by atoms with Gasteiger partial charge in [0.25, 0.3) is 5.91 Å². The summed E-state index contributed by atoms with van der Waals surface area (Å²) < 4.78 is 27.5. The Morgan fingerprint density at radius 3 is 2.31 bits per heavy atom. The average Bonchev–Trinajstić information content (AvgIpc) is 3.27. The van der Waals surface area contributed by atoms with Gasteiger partial charge in [-0.05, 0) is 42.7 Å². The van der Waals surface area contributed by atoms with Crippen molar-refractivity contribution in [1.29, 1.82) is 0 Å². The summed E-state index contributed by atoms with van der Waals surface area (Å²) >= 11 is 0. The van der Waals surface area contributed by atoms with E-state index in [0.29, 0.717) is 42.6 Å². The van der Waals surface area contributed by atoms with Crippen molar-refractivity contribution in [3.8, 4) is 28.7 Å². The highest BCUT2D eigenvalue weighted by atomic mass is 16.6. The van der Waals surface area contributed by atoms with Gasteiger partial charge in [0.1, 0.15) is 13.2 Å². The Bertz CT molecular complexity index is 887. The molecular weight excluding hydrogens is 374 g/mol. The van der Waals surface area contributed by atoms with E-state index in [4.69, 9.17) is 23.7 Å². The normalized spacial score (nSPS) is 17.8.